The fourth-order valence-corrected chi connectivity index (χ4v) is 8.28. The highest BCUT2D eigenvalue weighted by atomic mass is 16.3. The number of rotatable bonds is 5. The molecule has 1 heterocycles. The molecule has 0 saturated heterocycles. The Balaban J connectivity index is 1.01. The van der Waals surface area contributed by atoms with E-state index < -0.39 is 0 Å². The lowest BCUT2D eigenvalue weighted by atomic mass is 9.97. The van der Waals surface area contributed by atoms with E-state index in [-0.39, 0.29) is 0 Å². The Kier molecular flexibility index (Phi) is 6.90. The number of anilines is 3. The maximum atomic E-state index is 6.11. The van der Waals surface area contributed by atoms with Crippen LogP contribution in [-0.4, -0.2) is 0 Å². The van der Waals surface area contributed by atoms with Crippen molar-refractivity contribution in [3.8, 4) is 22.3 Å². The standard InChI is InChI=1S/C52H33NO/c1-3-9-45-36(7-1)15-16-41-31-39(22-29-47(41)45)34-17-24-42(25-18-34)53(44-28-21-38-14-13-37-8-2-4-10-46(37)49(38)33-44)43-26-19-35(20-27-43)40-23-30-52-50(32-40)48-11-5-6-12-51(48)54-52/h1-33H. The highest BCUT2D eigenvalue weighted by Crippen LogP contribution is 2.40. The zero-order chi connectivity index (χ0) is 35.6. The van der Waals surface area contributed by atoms with E-state index in [4.69, 9.17) is 4.42 Å². The smallest absolute Gasteiger partial charge is 0.135 e. The average molecular weight is 688 g/mol. The van der Waals surface area contributed by atoms with Crippen LogP contribution in [0.4, 0.5) is 17.1 Å². The zero-order valence-electron chi connectivity index (χ0n) is 29.4. The summed E-state index contributed by atoms with van der Waals surface area (Å²) in [7, 11) is 0. The van der Waals surface area contributed by atoms with Gasteiger partial charge >= 0.3 is 0 Å². The lowest BCUT2D eigenvalue weighted by molar-refractivity contribution is 0.669. The van der Waals surface area contributed by atoms with Gasteiger partial charge in [0.25, 0.3) is 0 Å². The van der Waals surface area contributed by atoms with Crippen LogP contribution in [0.25, 0.3) is 87.3 Å². The molecule has 0 atom stereocenters. The Labute approximate surface area is 312 Å². The third-order valence-corrected chi connectivity index (χ3v) is 11.0. The summed E-state index contributed by atoms with van der Waals surface area (Å²) in [5.41, 5.74) is 9.86. The number of hydrogen-bond donors (Lipinski definition) is 0. The van der Waals surface area contributed by atoms with Crippen LogP contribution in [0.5, 0.6) is 0 Å². The van der Waals surface area contributed by atoms with Gasteiger partial charge < -0.3 is 9.32 Å². The van der Waals surface area contributed by atoms with Gasteiger partial charge in [-0.25, -0.2) is 0 Å². The van der Waals surface area contributed by atoms with Crippen molar-refractivity contribution in [3.05, 3.63) is 200 Å². The van der Waals surface area contributed by atoms with E-state index in [0.717, 1.165) is 50.1 Å². The summed E-state index contributed by atoms with van der Waals surface area (Å²) in [6, 6.07) is 72.5. The molecule has 0 spiro atoms. The van der Waals surface area contributed by atoms with Gasteiger partial charge in [0.05, 0.1) is 0 Å². The van der Waals surface area contributed by atoms with Crippen LogP contribution in [0.3, 0.4) is 0 Å². The Bertz CT molecular complexity index is 3210. The second-order valence-electron chi connectivity index (χ2n) is 14.2. The summed E-state index contributed by atoms with van der Waals surface area (Å²) in [4.78, 5) is 2.37. The molecule has 11 aromatic rings. The molecule has 0 bridgehead atoms. The topological polar surface area (TPSA) is 16.4 Å². The van der Waals surface area contributed by atoms with Gasteiger partial charge in [0.1, 0.15) is 11.2 Å². The summed E-state index contributed by atoms with van der Waals surface area (Å²) in [5.74, 6) is 0. The fraction of sp³-hybridized carbons (Fsp3) is 0. The molecule has 11 rings (SSSR count). The third-order valence-electron chi connectivity index (χ3n) is 11.0. The molecule has 0 aliphatic rings. The van der Waals surface area contributed by atoms with Crippen LogP contribution in [-0.2, 0) is 0 Å². The van der Waals surface area contributed by atoms with Crippen molar-refractivity contribution < 1.29 is 4.42 Å². The highest BCUT2D eigenvalue weighted by Gasteiger charge is 2.16. The minimum atomic E-state index is 0.909. The van der Waals surface area contributed by atoms with E-state index in [2.05, 4.69) is 193 Å². The van der Waals surface area contributed by atoms with Gasteiger partial charge in [-0.2, -0.15) is 0 Å². The highest BCUT2D eigenvalue weighted by molar-refractivity contribution is 6.10. The van der Waals surface area contributed by atoms with Crippen LogP contribution >= 0.6 is 0 Å². The minimum absolute atomic E-state index is 0.909. The second-order valence-corrected chi connectivity index (χ2v) is 14.2. The summed E-state index contributed by atoms with van der Waals surface area (Å²) < 4.78 is 6.11. The maximum Gasteiger partial charge on any atom is 0.135 e. The summed E-state index contributed by atoms with van der Waals surface area (Å²) in [5, 5.41) is 12.3. The SMILES string of the molecule is c1ccc2c(c1)ccc1cc(-c3ccc(N(c4ccc(-c5ccc6oc7ccccc7c6c5)cc4)c4ccc5ccc6ccccc6c5c4)cc3)ccc12. The van der Waals surface area contributed by atoms with E-state index in [1.54, 1.807) is 0 Å². The van der Waals surface area contributed by atoms with Crippen molar-refractivity contribution in [2.24, 2.45) is 0 Å². The molecule has 0 unspecified atom stereocenters. The lowest BCUT2D eigenvalue weighted by Gasteiger charge is -2.26. The molecular weight excluding hydrogens is 655 g/mol. The minimum Gasteiger partial charge on any atom is -0.456 e. The van der Waals surface area contributed by atoms with E-state index in [0.29, 0.717) is 0 Å². The van der Waals surface area contributed by atoms with Crippen molar-refractivity contribution in [2.45, 2.75) is 0 Å². The van der Waals surface area contributed by atoms with Crippen LogP contribution in [0.1, 0.15) is 0 Å². The van der Waals surface area contributed by atoms with Crippen molar-refractivity contribution in [1.82, 2.24) is 0 Å². The largest absolute Gasteiger partial charge is 0.456 e. The van der Waals surface area contributed by atoms with Crippen LogP contribution in [0.2, 0.25) is 0 Å². The molecule has 0 fully saturated rings. The Morgan fingerprint density at radius 2 is 0.722 bits per heavy atom. The van der Waals surface area contributed by atoms with Crippen LogP contribution in [0.15, 0.2) is 205 Å². The average Bonchev–Trinajstić information content (AvgIpc) is 3.62. The van der Waals surface area contributed by atoms with Crippen LogP contribution in [0, 0.1) is 0 Å². The van der Waals surface area contributed by atoms with Gasteiger partial charge in [-0.15, -0.1) is 0 Å². The van der Waals surface area contributed by atoms with Crippen molar-refractivity contribution >= 4 is 82.1 Å². The first-order valence-corrected chi connectivity index (χ1v) is 18.5. The predicted molar refractivity (Wildman–Crippen MR) is 229 cm³/mol. The predicted octanol–water partition coefficient (Wildman–Crippen LogP) is 15.0. The summed E-state index contributed by atoms with van der Waals surface area (Å²) >= 11 is 0. The molecule has 0 saturated carbocycles. The molecule has 0 amide bonds. The number of nitrogens with zero attached hydrogens (tertiary/aromatic N) is 1. The van der Waals surface area contributed by atoms with E-state index in [1.807, 2.05) is 12.1 Å². The molecule has 0 N–H and O–H groups in total. The molecule has 2 nitrogen and oxygen atoms in total. The molecule has 0 aliphatic carbocycles. The Hall–Kier alpha value is -7.16. The maximum absolute atomic E-state index is 6.11. The molecule has 1 aromatic heterocycles. The molecule has 2 heteroatoms. The first kappa shape index (κ1) is 30.5. The number of benzene rings is 10. The molecule has 0 aliphatic heterocycles. The van der Waals surface area contributed by atoms with Gasteiger partial charge in [0.15, 0.2) is 0 Å². The van der Waals surface area contributed by atoms with Gasteiger partial charge in [-0.3, -0.25) is 0 Å². The Morgan fingerprint density at radius 1 is 0.259 bits per heavy atom. The lowest BCUT2D eigenvalue weighted by Crippen LogP contribution is -2.09. The third kappa shape index (κ3) is 5.03. The van der Waals surface area contributed by atoms with Crippen LogP contribution < -0.4 is 4.90 Å². The quantitative estimate of drug-likeness (QED) is 0.168. The molecule has 0 radical (unpaired) electrons. The van der Waals surface area contributed by atoms with Crippen molar-refractivity contribution in [2.75, 3.05) is 4.90 Å². The number of hydrogen-bond acceptors (Lipinski definition) is 2. The first-order chi connectivity index (χ1) is 26.7. The number of para-hydroxylation sites is 1. The van der Waals surface area contributed by atoms with Gasteiger partial charge in [0.2, 0.25) is 0 Å². The molecule has 10 aromatic carbocycles. The van der Waals surface area contributed by atoms with Crippen molar-refractivity contribution in [1.29, 1.82) is 0 Å². The molecule has 54 heavy (non-hydrogen) atoms. The summed E-state index contributed by atoms with van der Waals surface area (Å²) in [6.07, 6.45) is 0. The van der Waals surface area contributed by atoms with Gasteiger partial charge in [-0.05, 0) is 126 Å². The Morgan fingerprint density at radius 3 is 1.43 bits per heavy atom. The summed E-state index contributed by atoms with van der Waals surface area (Å²) in [6.45, 7) is 0. The second kappa shape index (κ2) is 12.2. The van der Waals surface area contributed by atoms with Gasteiger partial charge in [0, 0.05) is 27.8 Å². The monoisotopic (exact) mass is 687 g/mol. The molecular formula is C52H33NO. The molecule has 252 valence electrons. The van der Waals surface area contributed by atoms with E-state index in [9.17, 15) is 0 Å². The van der Waals surface area contributed by atoms with E-state index in [1.165, 1.54) is 54.2 Å². The van der Waals surface area contributed by atoms with Gasteiger partial charge in [-0.1, -0.05) is 140 Å². The number of furan rings is 1. The van der Waals surface area contributed by atoms with Crippen molar-refractivity contribution in [3.63, 3.8) is 0 Å². The number of fused-ring (bicyclic) bond motifs is 9. The zero-order valence-corrected chi connectivity index (χ0v) is 29.4. The fourth-order valence-electron chi connectivity index (χ4n) is 8.28. The normalized spacial score (nSPS) is 11.7. The first-order valence-electron chi connectivity index (χ1n) is 18.5. The van der Waals surface area contributed by atoms with E-state index >= 15 is 0 Å².